The molecule has 6 nitrogen and oxygen atoms in total. The van der Waals surface area contributed by atoms with E-state index >= 15 is 0 Å². The summed E-state index contributed by atoms with van der Waals surface area (Å²) in [5, 5.41) is 0. The molecule has 140 valence electrons. The van der Waals surface area contributed by atoms with Crippen LogP contribution >= 0.6 is 0 Å². The van der Waals surface area contributed by atoms with Crippen LogP contribution in [0.2, 0.25) is 0 Å². The summed E-state index contributed by atoms with van der Waals surface area (Å²) in [5.74, 6) is 2.49. The van der Waals surface area contributed by atoms with E-state index in [1.165, 1.54) is 12.8 Å². The van der Waals surface area contributed by atoms with Crippen molar-refractivity contribution in [2.24, 2.45) is 11.3 Å². The highest BCUT2D eigenvalue weighted by Gasteiger charge is 2.48. The van der Waals surface area contributed by atoms with E-state index < -0.39 is 0 Å². The van der Waals surface area contributed by atoms with Gasteiger partial charge in [0, 0.05) is 56.4 Å². The van der Waals surface area contributed by atoms with Gasteiger partial charge in [-0.15, -0.1) is 0 Å². The molecule has 1 spiro atoms. The molecule has 0 bridgehead atoms. The summed E-state index contributed by atoms with van der Waals surface area (Å²) < 4.78 is 16.3. The van der Waals surface area contributed by atoms with Gasteiger partial charge in [0.1, 0.15) is 0 Å². The number of anilines is 1. The summed E-state index contributed by atoms with van der Waals surface area (Å²) in [6.45, 7) is 6.19. The molecule has 1 aromatic carbocycles. The molecule has 0 N–H and O–H groups in total. The number of carbonyl (C=O) groups excluding carboxylic acids is 1. The van der Waals surface area contributed by atoms with E-state index in [-0.39, 0.29) is 18.1 Å². The molecule has 26 heavy (non-hydrogen) atoms. The Balaban J connectivity index is 1.26. The largest absolute Gasteiger partial charge is 0.454 e. The van der Waals surface area contributed by atoms with Gasteiger partial charge in [-0.1, -0.05) is 0 Å². The number of amides is 1. The lowest BCUT2D eigenvalue weighted by Crippen LogP contribution is -2.34. The molecule has 3 saturated heterocycles. The Bertz CT molecular complexity index is 703. The van der Waals surface area contributed by atoms with Crippen molar-refractivity contribution in [2.45, 2.75) is 25.7 Å². The van der Waals surface area contributed by atoms with Crippen molar-refractivity contribution in [3.63, 3.8) is 0 Å². The molecule has 6 heteroatoms. The fourth-order valence-electron chi connectivity index (χ4n) is 4.94. The lowest BCUT2D eigenvalue weighted by Gasteiger charge is -2.28. The molecular formula is C20H26N2O4. The quantitative estimate of drug-likeness (QED) is 0.830. The number of hydrogen-bond donors (Lipinski definition) is 0. The SMILES string of the molecule is O=C1C[C@]2(CCN(CC3CCOCC3)C2)CN1c1ccc2c(c1)OCO2. The highest BCUT2D eigenvalue weighted by Crippen LogP contribution is 2.44. The number of rotatable bonds is 3. The second kappa shape index (κ2) is 6.43. The first kappa shape index (κ1) is 16.4. The number of carbonyl (C=O) groups is 1. The molecule has 1 aromatic rings. The third-order valence-electron chi connectivity index (χ3n) is 6.36. The maximum atomic E-state index is 12.8. The summed E-state index contributed by atoms with van der Waals surface area (Å²) in [4.78, 5) is 17.3. The average Bonchev–Trinajstić information content (AvgIpc) is 3.34. The summed E-state index contributed by atoms with van der Waals surface area (Å²) >= 11 is 0. The second-order valence-electron chi connectivity index (χ2n) is 8.24. The predicted octanol–water partition coefficient (Wildman–Crippen LogP) is 2.27. The third-order valence-corrected chi connectivity index (χ3v) is 6.36. The average molecular weight is 358 g/mol. The molecule has 0 radical (unpaired) electrons. The molecule has 0 unspecified atom stereocenters. The van der Waals surface area contributed by atoms with E-state index in [0.717, 1.165) is 68.9 Å². The lowest BCUT2D eigenvalue weighted by molar-refractivity contribution is -0.117. The van der Waals surface area contributed by atoms with Crippen LogP contribution in [-0.4, -0.2) is 57.0 Å². The maximum absolute atomic E-state index is 12.8. The zero-order chi connectivity index (χ0) is 17.6. The molecule has 5 rings (SSSR count). The van der Waals surface area contributed by atoms with Crippen molar-refractivity contribution >= 4 is 11.6 Å². The van der Waals surface area contributed by atoms with E-state index in [0.29, 0.717) is 6.42 Å². The Kier molecular flexibility index (Phi) is 4.05. The lowest BCUT2D eigenvalue weighted by atomic mass is 9.86. The van der Waals surface area contributed by atoms with Gasteiger partial charge in [-0.3, -0.25) is 4.79 Å². The minimum Gasteiger partial charge on any atom is -0.454 e. The minimum atomic E-state index is 0.110. The van der Waals surface area contributed by atoms with E-state index in [4.69, 9.17) is 14.2 Å². The van der Waals surface area contributed by atoms with Gasteiger partial charge in [0.25, 0.3) is 0 Å². The van der Waals surface area contributed by atoms with Crippen LogP contribution in [-0.2, 0) is 9.53 Å². The van der Waals surface area contributed by atoms with Crippen molar-refractivity contribution < 1.29 is 19.0 Å². The summed E-state index contributed by atoms with van der Waals surface area (Å²) in [6, 6.07) is 5.81. The first-order valence-corrected chi connectivity index (χ1v) is 9.71. The highest BCUT2D eigenvalue weighted by atomic mass is 16.7. The van der Waals surface area contributed by atoms with Crippen molar-refractivity contribution in [1.29, 1.82) is 0 Å². The summed E-state index contributed by atoms with van der Waals surface area (Å²) in [7, 11) is 0. The molecule has 4 aliphatic heterocycles. The monoisotopic (exact) mass is 358 g/mol. The fourth-order valence-corrected chi connectivity index (χ4v) is 4.94. The van der Waals surface area contributed by atoms with Crippen LogP contribution in [0.15, 0.2) is 18.2 Å². The molecule has 4 heterocycles. The van der Waals surface area contributed by atoms with Gasteiger partial charge in [0.05, 0.1) is 0 Å². The third kappa shape index (κ3) is 2.95. The van der Waals surface area contributed by atoms with Crippen LogP contribution in [0.4, 0.5) is 5.69 Å². The number of ether oxygens (including phenoxy) is 3. The Labute approximate surface area is 154 Å². The molecule has 4 aliphatic rings. The summed E-state index contributed by atoms with van der Waals surface area (Å²) in [6.07, 6.45) is 4.12. The van der Waals surface area contributed by atoms with Crippen LogP contribution < -0.4 is 14.4 Å². The smallest absolute Gasteiger partial charge is 0.231 e. The zero-order valence-electron chi connectivity index (χ0n) is 15.1. The number of hydrogen-bond acceptors (Lipinski definition) is 5. The van der Waals surface area contributed by atoms with Gasteiger partial charge in [0.2, 0.25) is 12.7 Å². The van der Waals surface area contributed by atoms with Gasteiger partial charge in [-0.05, 0) is 43.9 Å². The highest BCUT2D eigenvalue weighted by molar-refractivity contribution is 5.96. The number of likely N-dealkylation sites (tertiary alicyclic amines) is 1. The molecular weight excluding hydrogens is 332 g/mol. The van der Waals surface area contributed by atoms with Crippen LogP contribution in [0.5, 0.6) is 11.5 Å². The van der Waals surface area contributed by atoms with Gasteiger partial charge in [0.15, 0.2) is 11.5 Å². The topological polar surface area (TPSA) is 51.2 Å². The van der Waals surface area contributed by atoms with E-state index in [1.54, 1.807) is 0 Å². The number of benzene rings is 1. The minimum absolute atomic E-state index is 0.110. The molecule has 0 aromatic heterocycles. The first-order valence-electron chi connectivity index (χ1n) is 9.71. The predicted molar refractivity (Wildman–Crippen MR) is 96.6 cm³/mol. The molecule has 0 aliphatic carbocycles. The van der Waals surface area contributed by atoms with Crippen LogP contribution in [0, 0.1) is 11.3 Å². The Morgan fingerprint density at radius 3 is 2.85 bits per heavy atom. The van der Waals surface area contributed by atoms with E-state index in [9.17, 15) is 4.79 Å². The van der Waals surface area contributed by atoms with Crippen LogP contribution in [0.1, 0.15) is 25.7 Å². The zero-order valence-corrected chi connectivity index (χ0v) is 15.1. The van der Waals surface area contributed by atoms with Crippen molar-refractivity contribution in [1.82, 2.24) is 4.90 Å². The Morgan fingerprint density at radius 1 is 1.12 bits per heavy atom. The van der Waals surface area contributed by atoms with Crippen molar-refractivity contribution in [3.05, 3.63) is 18.2 Å². The normalized spacial score (nSPS) is 29.2. The Morgan fingerprint density at radius 2 is 1.96 bits per heavy atom. The number of fused-ring (bicyclic) bond motifs is 1. The van der Waals surface area contributed by atoms with Crippen LogP contribution in [0.3, 0.4) is 0 Å². The van der Waals surface area contributed by atoms with Crippen LogP contribution in [0.25, 0.3) is 0 Å². The van der Waals surface area contributed by atoms with Crippen molar-refractivity contribution in [3.8, 4) is 11.5 Å². The molecule has 3 fully saturated rings. The summed E-state index contributed by atoms with van der Waals surface area (Å²) in [5.41, 5.74) is 1.04. The van der Waals surface area contributed by atoms with Gasteiger partial charge in [-0.2, -0.15) is 0 Å². The Hall–Kier alpha value is -1.79. The van der Waals surface area contributed by atoms with Gasteiger partial charge >= 0.3 is 0 Å². The fraction of sp³-hybridized carbons (Fsp3) is 0.650. The van der Waals surface area contributed by atoms with Gasteiger partial charge in [-0.25, -0.2) is 0 Å². The van der Waals surface area contributed by atoms with E-state index in [1.807, 2.05) is 23.1 Å². The van der Waals surface area contributed by atoms with E-state index in [2.05, 4.69) is 4.90 Å². The van der Waals surface area contributed by atoms with Crippen molar-refractivity contribution in [2.75, 3.05) is 51.1 Å². The number of nitrogens with zero attached hydrogens (tertiary/aromatic N) is 2. The molecule has 1 amide bonds. The molecule has 0 saturated carbocycles. The standard InChI is InChI=1S/C20H26N2O4/c23-19-10-20(5-6-21(12-20)11-15-3-7-24-8-4-15)13-22(19)16-1-2-17-18(9-16)26-14-25-17/h1-2,9,15H,3-8,10-14H2/t20-/m0/s1. The second-order valence-corrected chi connectivity index (χ2v) is 8.24. The van der Waals surface area contributed by atoms with Gasteiger partial charge < -0.3 is 24.0 Å². The molecule has 1 atom stereocenters. The maximum Gasteiger partial charge on any atom is 0.231 e. The first-order chi connectivity index (χ1) is 12.7.